The minimum Gasteiger partial charge on any atom is -0.496 e. The number of nitrogens with one attached hydrogen (secondary N) is 1. The smallest absolute Gasteiger partial charge is 0.266 e. The van der Waals surface area contributed by atoms with E-state index in [0.29, 0.717) is 21.9 Å². The van der Waals surface area contributed by atoms with Crippen LogP contribution in [0.3, 0.4) is 0 Å². The summed E-state index contributed by atoms with van der Waals surface area (Å²) in [6, 6.07) is 8.56. The van der Waals surface area contributed by atoms with Gasteiger partial charge in [0, 0.05) is 0 Å². The third-order valence-corrected chi connectivity index (χ3v) is 4.28. The van der Waals surface area contributed by atoms with Crippen molar-refractivity contribution in [1.29, 1.82) is 0 Å². The van der Waals surface area contributed by atoms with Crippen LogP contribution in [0, 0.1) is 12.3 Å². The molecule has 0 bridgehead atoms. The molecule has 1 amide bonds. The van der Waals surface area contributed by atoms with Crippen molar-refractivity contribution >= 4 is 23.0 Å². The lowest BCUT2D eigenvalue weighted by Crippen LogP contribution is -2.41. The largest absolute Gasteiger partial charge is 0.496 e. The van der Waals surface area contributed by atoms with Gasteiger partial charge >= 0.3 is 0 Å². The average Bonchev–Trinajstić information content (AvgIpc) is 3.08. The Kier molecular flexibility index (Phi) is 5.84. The van der Waals surface area contributed by atoms with Crippen LogP contribution in [0.5, 0.6) is 11.5 Å². The fourth-order valence-electron chi connectivity index (χ4n) is 2.05. The van der Waals surface area contributed by atoms with Gasteiger partial charge in [-0.25, -0.2) is 0 Å². The Bertz CT molecular complexity index is 817. The van der Waals surface area contributed by atoms with Crippen molar-refractivity contribution in [3.05, 3.63) is 46.2 Å². The van der Waals surface area contributed by atoms with Crippen LogP contribution in [-0.2, 0) is 0 Å². The summed E-state index contributed by atoms with van der Waals surface area (Å²) >= 11 is 1.22. The monoisotopic (exact) mass is 357 g/mol. The van der Waals surface area contributed by atoms with Crippen molar-refractivity contribution in [2.75, 3.05) is 13.7 Å². The number of hydrogen-bond donors (Lipinski definition) is 1. The molecule has 0 atom stereocenters. The lowest BCUT2D eigenvalue weighted by atomic mass is 10.1. The van der Waals surface area contributed by atoms with E-state index in [1.54, 1.807) is 49.6 Å². The molecule has 130 valence electrons. The van der Waals surface area contributed by atoms with Gasteiger partial charge in [0.05, 0.1) is 18.2 Å². The summed E-state index contributed by atoms with van der Waals surface area (Å²) in [4.78, 5) is 25.1. The molecule has 25 heavy (non-hydrogen) atoms. The maximum Gasteiger partial charge on any atom is 0.266 e. The first-order chi connectivity index (χ1) is 11.9. The van der Waals surface area contributed by atoms with Crippen molar-refractivity contribution in [3.63, 3.8) is 0 Å². The maximum absolute atomic E-state index is 12.3. The van der Waals surface area contributed by atoms with Gasteiger partial charge in [0.25, 0.3) is 5.91 Å². The van der Waals surface area contributed by atoms with E-state index in [1.165, 1.54) is 18.4 Å². The second kappa shape index (κ2) is 7.86. The number of hydrogen-bond acceptors (Lipinski definition) is 5. The second-order valence-corrected chi connectivity index (χ2v) is 6.67. The SMILES string of the molecule is C#CC(C)(C)NC(=O)c1sccc1OCC(=O)c1ccccc1OC. The van der Waals surface area contributed by atoms with E-state index >= 15 is 0 Å². The molecule has 0 saturated heterocycles. The predicted octanol–water partition coefficient (Wildman–Crippen LogP) is 3.16. The third-order valence-electron chi connectivity index (χ3n) is 3.39. The van der Waals surface area contributed by atoms with E-state index in [4.69, 9.17) is 15.9 Å². The molecule has 0 aliphatic carbocycles. The van der Waals surface area contributed by atoms with Gasteiger partial charge in [-0.2, -0.15) is 0 Å². The Labute approximate surface area is 151 Å². The highest BCUT2D eigenvalue weighted by atomic mass is 32.1. The Hall–Kier alpha value is -2.78. The van der Waals surface area contributed by atoms with Gasteiger partial charge in [-0.1, -0.05) is 18.1 Å². The van der Waals surface area contributed by atoms with Crippen molar-refractivity contribution in [2.45, 2.75) is 19.4 Å². The molecule has 6 heteroatoms. The topological polar surface area (TPSA) is 64.6 Å². The number of rotatable bonds is 7. The van der Waals surface area contributed by atoms with Crippen LogP contribution in [0.25, 0.3) is 0 Å². The first-order valence-electron chi connectivity index (χ1n) is 7.54. The van der Waals surface area contributed by atoms with E-state index < -0.39 is 5.54 Å². The molecule has 0 aliphatic heterocycles. The molecule has 0 aliphatic rings. The van der Waals surface area contributed by atoms with Crippen LogP contribution < -0.4 is 14.8 Å². The van der Waals surface area contributed by atoms with Gasteiger partial charge in [-0.15, -0.1) is 17.8 Å². The van der Waals surface area contributed by atoms with Gasteiger partial charge in [0.15, 0.2) is 6.61 Å². The number of Topliss-reactive ketones (excluding diaryl/α,β-unsaturated/α-hetero) is 1. The molecule has 1 N–H and O–H groups in total. The van der Waals surface area contributed by atoms with Gasteiger partial charge in [-0.05, 0) is 37.4 Å². The molecule has 2 aromatic rings. The second-order valence-electron chi connectivity index (χ2n) is 5.75. The molecule has 1 heterocycles. The van der Waals surface area contributed by atoms with Crippen molar-refractivity contribution in [2.24, 2.45) is 0 Å². The predicted molar refractivity (Wildman–Crippen MR) is 97.5 cm³/mol. The van der Waals surface area contributed by atoms with Crippen molar-refractivity contribution < 1.29 is 19.1 Å². The number of amides is 1. The molecule has 0 saturated carbocycles. The Morgan fingerprint density at radius 1 is 1.24 bits per heavy atom. The first kappa shape index (κ1) is 18.6. The molecule has 0 unspecified atom stereocenters. The molecular formula is C19H19NO4S. The van der Waals surface area contributed by atoms with Gasteiger partial charge in [0.2, 0.25) is 5.78 Å². The highest BCUT2D eigenvalue weighted by molar-refractivity contribution is 7.12. The van der Waals surface area contributed by atoms with E-state index in [-0.39, 0.29) is 18.3 Å². The summed E-state index contributed by atoms with van der Waals surface area (Å²) < 4.78 is 10.7. The Balaban J connectivity index is 2.08. The zero-order valence-corrected chi connectivity index (χ0v) is 15.1. The first-order valence-corrected chi connectivity index (χ1v) is 8.42. The highest BCUT2D eigenvalue weighted by Gasteiger charge is 2.22. The van der Waals surface area contributed by atoms with Gasteiger partial charge < -0.3 is 14.8 Å². The number of benzene rings is 1. The molecular weight excluding hydrogens is 338 g/mol. The summed E-state index contributed by atoms with van der Waals surface area (Å²) in [5, 5.41) is 4.46. The quantitative estimate of drug-likeness (QED) is 0.611. The maximum atomic E-state index is 12.3. The Morgan fingerprint density at radius 2 is 1.96 bits per heavy atom. The molecule has 0 radical (unpaired) electrons. The number of terminal acetylenes is 1. The molecule has 1 aromatic carbocycles. The standard InChI is InChI=1S/C19H19NO4S/c1-5-19(2,3)20-18(22)17-16(10-11-25-17)24-12-14(21)13-8-6-7-9-15(13)23-4/h1,6-11H,12H2,2-4H3,(H,20,22). The third kappa shape index (κ3) is 4.61. The number of ether oxygens (including phenoxy) is 2. The number of methoxy groups -OCH3 is 1. The van der Waals surface area contributed by atoms with E-state index in [1.807, 2.05) is 0 Å². The van der Waals surface area contributed by atoms with E-state index in [9.17, 15) is 9.59 Å². The average molecular weight is 357 g/mol. The van der Waals surface area contributed by atoms with Crippen LogP contribution in [0.1, 0.15) is 33.9 Å². The summed E-state index contributed by atoms with van der Waals surface area (Å²) in [6.07, 6.45) is 5.39. The van der Waals surface area contributed by atoms with E-state index in [2.05, 4.69) is 11.2 Å². The van der Waals surface area contributed by atoms with E-state index in [0.717, 1.165) is 0 Å². The molecule has 0 fully saturated rings. The number of carbonyl (C=O) groups excluding carboxylic acids is 2. The number of para-hydroxylation sites is 1. The fraction of sp³-hybridized carbons (Fsp3) is 0.263. The highest BCUT2D eigenvalue weighted by Crippen LogP contribution is 2.26. The molecule has 2 rings (SSSR count). The van der Waals surface area contributed by atoms with Crippen LogP contribution in [0.15, 0.2) is 35.7 Å². The van der Waals surface area contributed by atoms with Crippen molar-refractivity contribution in [3.8, 4) is 23.8 Å². The number of carbonyl (C=O) groups is 2. The van der Waals surface area contributed by atoms with Crippen LogP contribution in [0.2, 0.25) is 0 Å². The summed E-state index contributed by atoms with van der Waals surface area (Å²) in [7, 11) is 1.50. The lowest BCUT2D eigenvalue weighted by molar-refractivity contribution is 0.0896. The summed E-state index contributed by atoms with van der Waals surface area (Å²) in [5.74, 6) is 2.76. The van der Waals surface area contributed by atoms with Gasteiger partial charge in [-0.3, -0.25) is 9.59 Å². The Morgan fingerprint density at radius 3 is 2.64 bits per heavy atom. The van der Waals surface area contributed by atoms with Crippen LogP contribution in [-0.4, -0.2) is 30.9 Å². The molecule has 5 nitrogen and oxygen atoms in total. The normalized spacial score (nSPS) is 10.6. The number of ketones is 1. The fourth-order valence-corrected chi connectivity index (χ4v) is 2.78. The zero-order chi connectivity index (χ0) is 18.4. The minimum absolute atomic E-state index is 0.198. The molecule has 1 aromatic heterocycles. The summed E-state index contributed by atoms with van der Waals surface area (Å²) in [6.45, 7) is 3.25. The minimum atomic E-state index is -0.772. The lowest BCUT2D eigenvalue weighted by Gasteiger charge is -2.19. The molecule has 0 spiro atoms. The zero-order valence-electron chi connectivity index (χ0n) is 14.3. The number of thiophene rings is 1. The summed E-state index contributed by atoms with van der Waals surface area (Å²) in [5.41, 5.74) is -0.342. The van der Waals surface area contributed by atoms with Crippen LogP contribution in [0.4, 0.5) is 0 Å². The van der Waals surface area contributed by atoms with Crippen LogP contribution >= 0.6 is 11.3 Å². The van der Waals surface area contributed by atoms with Crippen molar-refractivity contribution in [1.82, 2.24) is 5.32 Å². The van der Waals surface area contributed by atoms with Gasteiger partial charge in [0.1, 0.15) is 16.4 Å².